The van der Waals surface area contributed by atoms with Gasteiger partial charge in [-0.1, -0.05) is 26.2 Å². The lowest BCUT2D eigenvalue weighted by atomic mass is 10.0. The van der Waals surface area contributed by atoms with Crippen molar-refractivity contribution in [2.45, 2.75) is 45.4 Å². The van der Waals surface area contributed by atoms with Crippen molar-refractivity contribution in [3.05, 3.63) is 0 Å². The topological polar surface area (TPSA) is 21.3 Å². The summed E-state index contributed by atoms with van der Waals surface area (Å²) in [4.78, 5) is 0. The molecule has 0 bridgehead atoms. The van der Waals surface area contributed by atoms with Crippen LogP contribution in [0, 0.1) is 5.92 Å². The predicted octanol–water partition coefficient (Wildman–Crippen LogP) is 2.58. The van der Waals surface area contributed by atoms with Crippen molar-refractivity contribution in [3.63, 3.8) is 0 Å². The molecule has 1 heterocycles. The van der Waals surface area contributed by atoms with E-state index in [1.165, 1.54) is 45.1 Å². The molecule has 84 valence electrons. The van der Waals surface area contributed by atoms with Crippen molar-refractivity contribution < 1.29 is 4.74 Å². The second kappa shape index (κ2) is 8.25. The van der Waals surface area contributed by atoms with Crippen LogP contribution in [0.4, 0.5) is 0 Å². The van der Waals surface area contributed by atoms with E-state index in [1.807, 2.05) is 0 Å². The monoisotopic (exact) mass is 199 g/mol. The highest BCUT2D eigenvalue weighted by Gasteiger charge is 2.12. The average molecular weight is 199 g/mol. The summed E-state index contributed by atoms with van der Waals surface area (Å²) < 4.78 is 5.68. The van der Waals surface area contributed by atoms with Crippen LogP contribution in [-0.2, 0) is 4.74 Å². The highest BCUT2D eigenvalue weighted by Crippen LogP contribution is 2.10. The fraction of sp³-hybridized carbons (Fsp3) is 1.00. The average Bonchev–Trinajstić information content (AvgIpc) is 2.25. The summed E-state index contributed by atoms with van der Waals surface area (Å²) in [7, 11) is 0. The van der Waals surface area contributed by atoms with Crippen molar-refractivity contribution in [2.24, 2.45) is 5.92 Å². The van der Waals surface area contributed by atoms with E-state index in [9.17, 15) is 0 Å². The van der Waals surface area contributed by atoms with Crippen molar-refractivity contribution in [3.8, 4) is 0 Å². The van der Waals surface area contributed by atoms with Gasteiger partial charge in [0.15, 0.2) is 0 Å². The number of piperidine rings is 1. The lowest BCUT2D eigenvalue weighted by molar-refractivity contribution is 0.0870. The van der Waals surface area contributed by atoms with E-state index in [0.29, 0.717) is 0 Å². The summed E-state index contributed by atoms with van der Waals surface area (Å²) in [6.45, 7) is 6.55. The maximum atomic E-state index is 5.68. The standard InChI is InChI=1S/C12H25NO/c1-2-3-4-5-9-14-11-12-7-6-8-13-10-12/h12-13H,2-11H2,1H3. The second-order valence-electron chi connectivity index (χ2n) is 4.35. The predicted molar refractivity (Wildman–Crippen MR) is 60.6 cm³/mol. The first kappa shape index (κ1) is 12.0. The van der Waals surface area contributed by atoms with E-state index < -0.39 is 0 Å². The number of unbranched alkanes of at least 4 members (excludes halogenated alkanes) is 3. The van der Waals surface area contributed by atoms with Crippen LogP contribution < -0.4 is 5.32 Å². The molecule has 0 amide bonds. The first-order valence-electron chi connectivity index (χ1n) is 6.22. The van der Waals surface area contributed by atoms with Gasteiger partial charge in [-0.05, 0) is 31.7 Å². The van der Waals surface area contributed by atoms with Gasteiger partial charge in [0.2, 0.25) is 0 Å². The molecule has 0 aromatic rings. The van der Waals surface area contributed by atoms with E-state index in [-0.39, 0.29) is 0 Å². The van der Waals surface area contributed by atoms with Gasteiger partial charge in [-0.2, -0.15) is 0 Å². The SMILES string of the molecule is CCCCCCOCC1CCCNC1. The van der Waals surface area contributed by atoms with Crippen LogP contribution in [0.3, 0.4) is 0 Å². The van der Waals surface area contributed by atoms with Gasteiger partial charge in [0.05, 0.1) is 6.61 Å². The molecule has 0 aliphatic carbocycles. The van der Waals surface area contributed by atoms with Gasteiger partial charge in [0.25, 0.3) is 0 Å². The van der Waals surface area contributed by atoms with Gasteiger partial charge in [0, 0.05) is 13.2 Å². The van der Waals surface area contributed by atoms with Crippen molar-refractivity contribution in [2.75, 3.05) is 26.3 Å². The number of nitrogens with one attached hydrogen (secondary N) is 1. The maximum absolute atomic E-state index is 5.68. The molecule has 0 spiro atoms. The van der Waals surface area contributed by atoms with Gasteiger partial charge < -0.3 is 10.1 Å². The minimum Gasteiger partial charge on any atom is -0.381 e. The normalized spacial score (nSPS) is 22.5. The third kappa shape index (κ3) is 5.61. The molecule has 1 atom stereocenters. The lowest BCUT2D eigenvalue weighted by Crippen LogP contribution is -2.32. The van der Waals surface area contributed by atoms with Crippen LogP contribution in [0.15, 0.2) is 0 Å². The molecule has 1 aliphatic rings. The summed E-state index contributed by atoms with van der Waals surface area (Å²) in [5.41, 5.74) is 0. The zero-order chi connectivity index (χ0) is 10.1. The molecular formula is C12H25NO. The second-order valence-corrected chi connectivity index (χ2v) is 4.35. The minimum atomic E-state index is 0.773. The fourth-order valence-corrected chi connectivity index (χ4v) is 1.95. The molecule has 0 aromatic carbocycles. The van der Waals surface area contributed by atoms with Crippen LogP contribution in [0.2, 0.25) is 0 Å². The molecule has 2 heteroatoms. The van der Waals surface area contributed by atoms with E-state index in [1.54, 1.807) is 0 Å². The summed E-state index contributed by atoms with van der Waals surface area (Å²) in [6, 6.07) is 0. The molecule has 1 aliphatic heterocycles. The Labute approximate surface area is 88.4 Å². The third-order valence-corrected chi connectivity index (χ3v) is 2.89. The maximum Gasteiger partial charge on any atom is 0.0506 e. The largest absolute Gasteiger partial charge is 0.381 e. The first-order valence-corrected chi connectivity index (χ1v) is 6.22. The summed E-state index contributed by atoms with van der Waals surface area (Å²) in [5, 5.41) is 3.42. The zero-order valence-electron chi connectivity index (χ0n) is 9.56. The van der Waals surface area contributed by atoms with Crippen LogP contribution in [-0.4, -0.2) is 26.3 Å². The van der Waals surface area contributed by atoms with Crippen LogP contribution in [0.1, 0.15) is 45.4 Å². The Morgan fingerprint density at radius 2 is 2.21 bits per heavy atom. The molecule has 0 aromatic heterocycles. The molecular weight excluding hydrogens is 174 g/mol. The summed E-state index contributed by atoms with van der Waals surface area (Å²) in [6.07, 6.45) is 7.92. The van der Waals surface area contributed by atoms with Crippen molar-refractivity contribution in [1.82, 2.24) is 5.32 Å². The number of rotatable bonds is 7. The van der Waals surface area contributed by atoms with E-state index >= 15 is 0 Å². The van der Waals surface area contributed by atoms with Gasteiger partial charge in [0.1, 0.15) is 0 Å². The molecule has 0 radical (unpaired) electrons. The van der Waals surface area contributed by atoms with Gasteiger partial charge in [-0.25, -0.2) is 0 Å². The van der Waals surface area contributed by atoms with E-state index in [2.05, 4.69) is 12.2 Å². The van der Waals surface area contributed by atoms with Gasteiger partial charge in [-0.3, -0.25) is 0 Å². The summed E-state index contributed by atoms with van der Waals surface area (Å²) >= 11 is 0. The first-order chi connectivity index (χ1) is 6.93. The van der Waals surface area contributed by atoms with Gasteiger partial charge in [-0.15, -0.1) is 0 Å². The Morgan fingerprint density at radius 1 is 1.29 bits per heavy atom. The molecule has 14 heavy (non-hydrogen) atoms. The van der Waals surface area contributed by atoms with Crippen molar-refractivity contribution in [1.29, 1.82) is 0 Å². The zero-order valence-corrected chi connectivity index (χ0v) is 9.56. The number of hydrogen-bond donors (Lipinski definition) is 1. The Balaban J connectivity index is 1.82. The lowest BCUT2D eigenvalue weighted by Gasteiger charge is -2.22. The molecule has 1 rings (SSSR count). The van der Waals surface area contributed by atoms with Crippen LogP contribution in [0.5, 0.6) is 0 Å². The highest BCUT2D eigenvalue weighted by atomic mass is 16.5. The van der Waals surface area contributed by atoms with Crippen molar-refractivity contribution >= 4 is 0 Å². The van der Waals surface area contributed by atoms with Gasteiger partial charge >= 0.3 is 0 Å². The quantitative estimate of drug-likeness (QED) is 0.636. The minimum absolute atomic E-state index is 0.773. The van der Waals surface area contributed by atoms with Crippen LogP contribution in [0.25, 0.3) is 0 Å². The Bertz CT molecular complexity index is 121. The van der Waals surface area contributed by atoms with Crippen LogP contribution >= 0.6 is 0 Å². The highest BCUT2D eigenvalue weighted by molar-refractivity contribution is 4.67. The molecule has 2 nitrogen and oxygen atoms in total. The number of ether oxygens (including phenoxy) is 1. The third-order valence-electron chi connectivity index (χ3n) is 2.89. The fourth-order valence-electron chi connectivity index (χ4n) is 1.95. The Hall–Kier alpha value is -0.0800. The molecule has 1 N–H and O–H groups in total. The molecule has 0 saturated carbocycles. The van der Waals surface area contributed by atoms with E-state index in [0.717, 1.165) is 25.7 Å². The Morgan fingerprint density at radius 3 is 2.93 bits per heavy atom. The molecule has 1 unspecified atom stereocenters. The Kier molecular flexibility index (Phi) is 7.06. The summed E-state index contributed by atoms with van der Waals surface area (Å²) in [5.74, 6) is 0.773. The smallest absolute Gasteiger partial charge is 0.0506 e. The van der Waals surface area contributed by atoms with E-state index in [4.69, 9.17) is 4.74 Å². The molecule has 1 fully saturated rings. The molecule has 1 saturated heterocycles. The number of hydrogen-bond acceptors (Lipinski definition) is 2.